The number of anilines is 1. The third kappa shape index (κ3) is 17.1. The largest absolute Gasteiger partial charge is 0.573 e. The number of halogens is 6. The molecule has 1 aliphatic heterocycles. The summed E-state index contributed by atoms with van der Waals surface area (Å²) in [6.07, 6.45) is -9.53. The van der Waals surface area contributed by atoms with Crippen molar-refractivity contribution in [2.75, 3.05) is 31.2 Å². The molecule has 1 aliphatic rings. The molecule has 1 heterocycles. The van der Waals surface area contributed by atoms with Gasteiger partial charge >= 0.3 is 12.7 Å². The van der Waals surface area contributed by atoms with Crippen molar-refractivity contribution >= 4 is 23.4 Å². The monoisotopic (exact) mass is 1160 g/mol. The van der Waals surface area contributed by atoms with Gasteiger partial charge in [-0.3, -0.25) is 30.0 Å². The minimum Gasteiger partial charge on any atom is -0.406 e. The van der Waals surface area contributed by atoms with Gasteiger partial charge in [-0.05, 0) is 103 Å². The molecule has 1 fully saturated rings. The molecule has 436 valence electrons. The Morgan fingerprint density at radius 2 is 0.694 bits per heavy atom. The molecule has 3 unspecified atom stereocenters. The summed E-state index contributed by atoms with van der Waals surface area (Å²) in [5.41, 5.74) is 15.2. The number of benzene rings is 9. The first-order valence-electron chi connectivity index (χ1n) is 26.4. The Morgan fingerprint density at radius 3 is 1.06 bits per heavy atom. The van der Waals surface area contributed by atoms with Crippen LogP contribution in [0.5, 0.6) is 11.5 Å². The van der Waals surface area contributed by atoms with Crippen molar-refractivity contribution in [2.45, 2.75) is 30.5 Å². The van der Waals surface area contributed by atoms with Gasteiger partial charge in [0.05, 0.1) is 31.0 Å². The molecule has 1 saturated heterocycles. The Bertz CT molecular complexity index is 3610. The summed E-state index contributed by atoms with van der Waals surface area (Å²) >= 11 is 0. The number of nitrogens with zero attached hydrogens (tertiary/aromatic N) is 1. The summed E-state index contributed by atoms with van der Waals surface area (Å²) in [7, 11) is 0. The van der Waals surface area contributed by atoms with Crippen molar-refractivity contribution in [1.29, 1.82) is 0 Å². The average Bonchev–Trinajstić information content (AvgIpc) is 3.63. The highest BCUT2D eigenvalue weighted by Gasteiger charge is 2.32. The zero-order valence-electron chi connectivity index (χ0n) is 45.1. The number of hydrogen-bond donors (Lipinski definition) is 6. The number of hydrogen-bond acceptors (Lipinski definition) is 10. The lowest BCUT2D eigenvalue weighted by atomic mass is 9.89. The fraction of sp³-hybridized carbons (Fsp3) is 0.136. The number of carbonyl (C=O) groups is 3. The molecule has 9 aromatic rings. The van der Waals surface area contributed by atoms with Crippen LogP contribution < -0.4 is 30.8 Å². The molecule has 0 radical (unpaired) electrons. The highest BCUT2D eigenvalue weighted by Crippen LogP contribution is 2.35. The van der Waals surface area contributed by atoms with Gasteiger partial charge in [-0.25, -0.2) is 16.4 Å². The van der Waals surface area contributed by atoms with Gasteiger partial charge in [0.15, 0.2) is 0 Å². The van der Waals surface area contributed by atoms with Crippen LogP contribution in [-0.2, 0) is 19.1 Å². The van der Waals surface area contributed by atoms with E-state index in [1.807, 2.05) is 66.1 Å². The Balaban J connectivity index is 0.000000166. The molecule has 3 amide bonds. The molecular formula is C66H56F6N4O9. The van der Waals surface area contributed by atoms with Crippen LogP contribution in [0, 0.1) is 0 Å². The lowest BCUT2D eigenvalue weighted by Crippen LogP contribution is -2.36. The second-order valence-corrected chi connectivity index (χ2v) is 19.1. The normalized spacial score (nSPS) is 13.2. The highest BCUT2D eigenvalue weighted by atomic mass is 19.4. The van der Waals surface area contributed by atoms with Crippen LogP contribution in [-0.4, -0.2) is 72.4 Å². The van der Waals surface area contributed by atoms with Crippen LogP contribution in [0.15, 0.2) is 237 Å². The first kappa shape index (κ1) is 61.3. The molecule has 0 bridgehead atoms. The molecule has 10 rings (SSSR count). The smallest absolute Gasteiger partial charge is 0.406 e. The van der Waals surface area contributed by atoms with Crippen LogP contribution in [0.25, 0.3) is 33.4 Å². The topological polar surface area (TPSA) is 179 Å². The van der Waals surface area contributed by atoms with E-state index in [0.717, 1.165) is 48.6 Å². The van der Waals surface area contributed by atoms with E-state index in [1.165, 1.54) is 48.2 Å². The highest BCUT2D eigenvalue weighted by molar-refractivity contribution is 5.88. The van der Waals surface area contributed by atoms with Crippen molar-refractivity contribution in [3.8, 4) is 44.9 Å². The van der Waals surface area contributed by atoms with E-state index in [0.29, 0.717) is 44.5 Å². The van der Waals surface area contributed by atoms with Crippen LogP contribution in [0.2, 0.25) is 0 Å². The lowest BCUT2D eigenvalue weighted by molar-refractivity contribution is -0.275. The Kier molecular flexibility index (Phi) is 20.9. The predicted molar refractivity (Wildman–Crippen MR) is 307 cm³/mol. The maximum Gasteiger partial charge on any atom is 0.573 e. The van der Waals surface area contributed by atoms with Crippen molar-refractivity contribution in [2.24, 2.45) is 0 Å². The number of nitrogens with one attached hydrogen (secondary N) is 3. The van der Waals surface area contributed by atoms with Gasteiger partial charge in [-0.15, -0.1) is 26.3 Å². The fourth-order valence-electron chi connectivity index (χ4n) is 9.72. The van der Waals surface area contributed by atoms with Crippen LogP contribution >= 0.6 is 0 Å². The molecule has 85 heavy (non-hydrogen) atoms. The van der Waals surface area contributed by atoms with Crippen molar-refractivity contribution in [3.05, 3.63) is 270 Å². The number of carbonyl (C=O) groups excluding carboxylic acids is 3. The third-order valence-electron chi connectivity index (χ3n) is 13.6. The Morgan fingerprint density at radius 1 is 0.376 bits per heavy atom. The molecule has 19 heteroatoms. The fourth-order valence-corrected chi connectivity index (χ4v) is 9.72. The molecule has 0 aliphatic carbocycles. The average molecular weight is 1160 g/mol. The molecular weight excluding hydrogens is 1110 g/mol. The van der Waals surface area contributed by atoms with Crippen molar-refractivity contribution in [1.82, 2.24) is 16.4 Å². The predicted octanol–water partition coefficient (Wildman–Crippen LogP) is 13.6. The Labute approximate surface area is 485 Å². The van der Waals surface area contributed by atoms with Gasteiger partial charge in [0.25, 0.3) is 17.7 Å². The van der Waals surface area contributed by atoms with Gasteiger partial charge in [-0.2, -0.15) is 0 Å². The van der Waals surface area contributed by atoms with Crippen LogP contribution in [0.4, 0.5) is 32.0 Å². The second-order valence-electron chi connectivity index (χ2n) is 19.1. The van der Waals surface area contributed by atoms with E-state index in [-0.39, 0.29) is 11.5 Å². The van der Waals surface area contributed by atoms with E-state index in [1.54, 1.807) is 120 Å². The first-order valence-corrected chi connectivity index (χ1v) is 26.4. The molecule has 9 aromatic carbocycles. The number of rotatable bonds is 15. The van der Waals surface area contributed by atoms with Gasteiger partial charge in [0.1, 0.15) is 11.5 Å². The number of morpholine rings is 1. The van der Waals surface area contributed by atoms with Crippen molar-refractivity contribution in [3.63, 3.8) is 0 Å². The van der Waals surface area contributed by atoms with E-state index in [9.17, 15) is 45.9 Å². The van der Waals surface area contributed by atoms with E-state index in [4.69, 9.17) is 15.2 Å². The third-order valence-corrected chi connectivity index (χ3v) is 13.6. The molecule has 0 spiro atoms. The molecule has 0 aromatic heterocycles. The summed E-state index contributed by atoms with van der Waals surface area (Å²) in [4.78, 5) is 39.2. The van der Waals surface area contributed by atoms with E-state index in [2.05, 4.69) is 38.6 Å². The summed E-state index contributed by atoms with van der Waals surface area (Å²) < 4.78 is 87.6. The second kappa shape index (κ2) is 29.0. The zero-order valence-corrected chi connectivity index (χ0v) is 45.1. The van der Waals surface area contributed by atoms with E-state index < -0.39 is 48.2 Å². The molecule has 0 saturated carbocycles. The standard InChI is InChI=1S/C24H24N2O3.2C21H16F3NO3/c27-24(25-28)23(19-5-2-1-3-6-19)21-8-4-7-20(17-21)18-9-11-22(12-10-18)26-13-15-29-16-14-26;22-21(23,24)28-18-11-5-9-16(13-18)15-8-4-10-17(12-15)19(20(26)25-27)14-6-2-1-3-7-14;22-21(23,24)28-18-11-9-14(10-12-18)16-7-4-8-17(13-16)19(20(26)25-27)15-5-2-1-3-6-15/h1-12,17,23,28H,13-16H2,(H,25,27);2*1-13,19,27H,(H,25,26). The SMILES string of the molecule is O=C(NO)C(c1ccccc1)c1cccc(-c2ccc(N3CCOCC3)cc2)c1.O=C(NO)C(c1ccccc1)c1cccc(-c2ccc(OC(F)(F)F)cc2)c1.O=C(NO)C(c1ccccc1)c1cccc(-c2cccc(OC(F)(F)F)c2)c1. The van der Waals surface area contributed by atoms with Crippen LogP contribution in [0.1, 0.15) is 51.1 Å². The van der Waals surface area contributed by atoms with Gasteiger partial charge in [0.2, 0.25) is 0 Å². The number of amides is 3. The molecule has 3 atom stereocenters. The van der Waals surface area contributed by atoms with Gasteiger partial charge < -0.3 is 19.1 Å². The Hall–Kier alpha value is -9.79. The van der Waals surface area contributed by atoms with Crippen molar-refractivity contribution < 1.29 is 70.6 Å². The molecule has 6 N–H and O–H groups in total. The van der Waals surface area contributed by atoms with Gasteiger partial charge in [-0.1, -0.05) is 200 Å². The maximum absolute atomic E-state index is 12.5. The van der Waals surface area contributed by atoms with Crippen LogP contribution in [0.3, 0.4) is 0 Å². The van der Waals surface area contributed by atoms with Gasteiger partial charge in [0, 0.05) is 18.8 Å². The summed E-state index contributed by atoms with van der Waals surface area (Å²) in [5, 5.41) is 27.5. The summed E-state index contributed by atoms with van der Waals surface area (Å²) in [5.74, 6) is -4.38. The number of alkyl halides is 6. The number of ether oxygens (including phenoxy) is 3. The summed E-state index contributed by atoms with van der Waals surface area (Å²) in [6, 6.07) is 68.5. The summed E-state index contributed by atoms with van der Waals surface area (Å²) in [6.45, 7) is 3.34. The zero-order chi connectivity index (χ0) is 60.3. The first-order chi connectivity index (χ1) is 41.0. The minimum atomic E-state index is -4.78. The van der Waals surface area contributed by atoms with E-state index >= 15 is 0 Å². The lowest BCUT2D eigenvalue weighted by Gasteiger charge is -2.29. The molecule has 13 nitrogen and oxygen atoms in total. The number of hydroxylamine groups is 3. The maximum atomic E-state index is 12.5. The quantitative estimate of drug-likeness (QED) is 0.0329. The minimum absolute atomic E-state index is 0.311.